The van der Waals surface area contributed by atoms with Crippen molar-refractivity contribution in [1.29, 1.82) is 0 Å². The number of ether oxygens (including phenoxy) is 1. The molecular formula is C27H29F3N2O4S. The first-order valence-corrected chi connectivity index (χ1v) is 13.0. The number of benzene rings is 3. The van der Waals surface area contributed by atoms with Crippen LogP contribution in [0.2, 0.25) is 0 Å². The van der Waals surface area contributed by atoms with E-state index >= 15 is 0 Å². The number of amides is 1. The number of carbonyl (C=O) groups excluding carboxylic acids is 1. The highest BCUT2D eigenvalue weighted by Crippen LogP contribution is 2.33. The minimum Gasteiger partial charge on any atom is -0.492 e. The van der Waals surface area contributed by atoms with Crippen LogP contribution in [-0.2, 0) is 26.4 Å². The van der Waals surface area contributed by atoms with Gasteiger partial charge in [0.1, 0.15) is 18.9 Å². The lowest BCUT2D eigenvalue weighted by molar-refractivity contribution is -0.137. The van der Waals surface area contributed by atoms with Gasteiger partial charge in [-0.25, -0.2) is 8.42 Å². The third-order valence-corrected chi connectivity index (χ3v) is 7.28. The Bertz CT molecular complexity index is 1300. The number of sulfonamides is 1. The lowest BCUT2D eigenvalue weighted by Gasteiger charge is -2.25. The number of nitrogens with zero attached hydrogens (tertiary/aromatic N) is 1. The van der Waals surface area contributed by atoms with Crippen LogP contribution in [0.3, 0.4) is 0 Å². The number of nitrogens with one attached hydrogen (secondary N) is 1. The van der Waals surface area contributed by atoms with Gasteiger partial charge in [0.25, 0.3) is 10.0 Å². The fourth-order valence-corrected chi connectivity index (χ4v) is 4.90. The van der Waals surface area contributed by atoms with E-state index in [1.807, 2.05) is 24.3 Å². The van der Waals surface area contributed by atoms with Crippen molar-refractivity contribution in [3.63, 3.8) is 0 Å². The molecule has 0 aliphatic heterocycles. The Hall–Kier alpha value is -3.53. The van der Waals surface area contributed by atoms with Gasteiger partial charge in [-0.1, -0.05) is 57.2 Å². The van der Waals surface area contributed by atoms with Gasteiger partial charge >= 0.3 is 6.18 Å². The molecule has 0 aromatic heterocycles. The third-order valence-electron chi connectivity index (χ3n) is 5.49. The van der Waals surface area contributed by atoms with E-state index in [1.165, 1.54) is 30.3 Å². The third kappa shape index (κ3) is 7.48. The van der Waals surface area contributed by atoms with Gasteiger partial charge in [-0.15, -0.1) is 0 Å². The molecule has 3 aromatic carbocycles. The minimum absolute atomic E-state index is 0.00190. The molecule has 0 fully saturated rings. The maximum absolute atomic E-state index is 13.3. The molecule has 1 amide bonds. The van der Waals surface area contributed by atoms with E-state index in [-0.39, 0.29) is 29.1 Å². The molecule has 0 saturated heterocycles. The van der Waals surface area contributed by atoms with Crippen molar-refractivity contribution in [1.82, 2.24) is 5.32 Å². The molecule has 0 radical (unpaired) electrons. The SMILES string of the molecule is CC(C)(C)c1ccc(OCCNC(=O)CN(c2cccc(C(F)(F)F)c2)S(=O)(=O)c2ccccc2)cc1. The first kappa shape index (κ1) is 28.0. The van der Waals surface area contributed by atoms with Crippen LogP contribution in [0.15, 0.2) is 83.8 Å². The van der Waals surface area contributed by atoms with Gasteiger partial charge in [0, 0.05) is 0 Å². The van der Waals surface area contributed by atoms with Crippen molar-refractivity contribution < 1.29 is 31.1 Å². The Morgan fingerprint density at radius 3 is 2.14 bits per heavy atom. The number of alkyl halides is 3. The van der Waals surface area contributed by atoms with E-state index in [9.17, 15) is 26.4 Å². The van der Waals surface area contributed by atoms with Gasteiger partial charge in [-0.05, 0) is 53.4 Å². The van der Waals surface area contributed by atoms with Gasteiger partial charge in [0.15, 0.2) is 0 Å². The fourth-order valence-electron chi connectivity index (χ4n) is 3.47. The highest BCUT2D eigenvalue weighted by molar-refractivity contribution is 7.92. The zero-order valence-electron chi connectivity index (χ0n) is 20.7. The Kier molecular flexibility index (Phi) is 8.53. The molecule has 3 aromatic rings. The van der Waals surface area contributed by atoms with E-state index in [2.05, 4.69) is 26.1 Å². The molecule has 3 rings (SSSR count). The molecule has 0 atom stereocenters. The van der Waals surface area contributed by atoms with Crippen LogP contribution in [-0.4, -0.2) is 34.0 Å². The zero-order chi connectivity index (χ0) is 27.3. The summed E-state index contributed by atoms with van der Waals surface area (Å²) in [6.07, 6.45) is -4.68. The lowest BCUT2D eigenvalue weighted by Crippen LogP contribution is -2.42. The number of hydrogen-bond acceptors (Lipinski definition) is 4. The number of carbonyl (C=O) groups is 1. The number of rotatable bonds is 9. The Balaban J connectivity index is 1.71. The standard InChI is InChI=1S/C27H29F3N2O4S/c1-26(2,3)20-12-14-23(15-13-20)36-17-16-31-25(33)19-32(37(34,35)24-10-5-4-6-11-24)22-9-7-8-21(18-22)27(28,29)30/h4-15,18H,16-17,19H2,1-3H3,(H,31,33). The van der Waals surface area contributed by atoms with E-state index in [0.717, 1.165) is 17.7 Å². The van der Waals surface area contributed by atoms with Crippen LogP contribution >= 0.6 is 0 Å². The van der Waals surface area contributed by atoms with Crippen LogP contribution < -0.4 is 14.4 Å². The second-order valence-corrected chi connectivity index (χ2v) is 11.2. The van der Waals surface area contributed by atoms with E-state index in [4.69, 9.17) is 4.74 Å². The molecule has 0 saturated carbocycles. The Labute approximate surface area is 215 Å². The summed E-state index contributed by atoms with van der Waals surface area (Å²) in [5, 5.41) is 2.56. The first-order chi connectivity index (χ1) is 17.3. The van der Waals surface area contributed by atoms with Crippen molar-refractivity contribution in [3.05, 3.63) is 90.0 Å². The lowest BCUT2D eigenvalue weighted by atomic mass is 9.87. The number of hydrogen-bond donors (Lipinski definition) is 1. The van der Waals surface area contributed by atoms with Gasteiger partial charge in [-0.2, -0.15) is 13.2 Å². The van der Waals surface area contributed by atoms with E-state index < -0.39 is 34.2 Å². The topological polar surface area (TPSA) is 75.7 Å². The summed E-state index contributed by atoms with van der Waals surface area (Å²) in [6, 6.07) is 18.6. The molecule has 0 bridgehead atoms. The molecule has 10 heteroatoms. The average Bonchev–Trinajstić information content (AvgIpc) is 2.85. The first-order valence-electron chi connectivity index (χ1n) is 11.5. The average molecular weight is 535 g/mol. The van der Waals surface area contributed by atoms with Gasteiger partial charge in [0.2, 0.25) is 5.91 Å². The fraction of sp³-hybridized carbons (Fsp3) is 0.296. The molecule has 37 heavy (non-hydrogen) atoms. The molecule has 0 aliphatic carbocycles. The van der Waals surface area contributed by atoms with Crippen LogP contribution in [0.25, 0.3) is 0 Å². The smallest absolute Gasteiger partial charge is 0.416 e. The summed E-state index contributed by atoms with van der Waals surface area (Å²) in [5.41, 5.74) is -0.158. The van der Waals surface area contributed by atoms with Crippen LogP contribution in [0.5, 0.6) is 5.75 Å². The molecule has 0 aliphatic rings. The Morgan fingerprint density at radius 2 is 1.54 bits per heavy atom. The van der Waals surface area contributed by atoms with Gasteiger partial charge in [-0.3, -0.25) is 9.10 Å². The van der Waals surface area contributed by atoms with Gasteiger partial charge in [0.05, 0.1) is 22.7 Å². The summed E-state index contributed by atoms with van der Waals surface area (Å²) in [5.74, 6) is -0.0805. The highest BCUT2D eigenvalue weighted by atomic mass is 32.2. The molecule has 198 valence electrons. The van der Waals surface area contributed by atoms with Crippen molar-refractivity contribution >= 4 is 21.6 Å². The predicted molar refractivity (Wildman–Crippen MR) is 136 cm³/mol. The van der Waals surface area contributed by atoms with E-state index in [1.54, 1.807) is 6.07 Å². The highest BCUT2D eigenvalue weighted by Gasteiger charge is 2.33. The summed E-state index contributed by atoms with van der Waals surface area (Å²) in [4.78, 5) is 12.5. The summed E-state index contributed by atoms with van der Waals surface area (Å²) in [6.45, 7) is 5.77. The second-order valence-electron chi connectivity index (χ2n) is 9.35. The summed E-state index contributed by atoms with van der Waals surface area (Å²) in [7, 11) is -4.33. The predicted octanol–water partition coefficient (Wildman–Crippen LogP) is 5.39. The van der Waals surface area contributed by atoms with Crippen LogP contribution in [0, 0.1) is 0 Å². The quantitative estimate of drug-likeness (QED) is 0.374. The molecule has 6 nitrogen and oxygen atoms in total. The number of halogens is 3. The molecular weight excluding hydrogens is 505 g/mol. The number of anilines is 1. The van der Waals surface area contributed by atoms with Crippen molar-refractivity contribution in [2.24, 2.45) is 0 Å². The molecule has 0 spiro atoms. The van der Waals surface area contributed by atoms with E-state index in [0.29, 0.717) is 16.1 Å². The maximum atomic E-state index is 13.3. The van der Waals surface area contributed by atoms with Crippen LogP contribution in [0.4, 0.5) is 18.9 Å². The van der Waals surface area contributed by atoms with Crippen molar-refractivity contribution in [2.75, 3.05) is 24.0 Å². The van der Waals surface area contributed by atoms with Gasteiger partial charge < -0.3 is 10.1 Å². The molecule has 0 unspecified atom stereocenters. The summed E-state index contributed by atoms with van der Waals surface area (Å²) < 4.78 is 72.7. The zero-order valence-corrected chi connectivity index (χ0v) is 21.6. The molecule has 0 heterocycles. The van der Waals surface area contributed by atoms with Crippen molar-refractivity contribution in [3.8, 4) is 5.75 Å². The largest absolute Gasteiger partial charge is 0.492 e. The monoisotopic (exact) mass is 534 g/mol. The molecule has 1 N–H and O–H groups in total. The second kappa shape index (κ2) is 11.2. The summed E-state index contributed by atoms with van der Waals surface area (Å²) >= 11 is 0. The minimum atomic E-state index is -4.68. The normalized spacial score (nSPS) is 12.2. The van der Waals surface area contributed by atoms with Crippen molar-refractivity contribution in [2.45, 2.75) is 37.3 Å². The maximum Gasteiger partial charge on any atom is 0.416 e. The Morgan fingerprint density at radius 1 is 0.892 bits per heavy atom. The van der Waals surface area contributed by atoms with Crippen LogP contribution in [0.1, 0.15) is 31.9 Å².